The molecule has 3 aromatic rings. The highest BCUT2D eigenvalue weighted by molar-refractivity contribution is 5.90. The zero-order chi connectivity index (χ0) is 22.0. The van der Waals surface area contributed by atoms with Gasteiger partial charge in [0.05, 0.1) is 25.9 Å². The van der Waals surface area contributed by atoms with Crippen LogP contribution in [0.25, 0.3) is 22.6 Å². The van der Waals surface area contributed by atoms with Gasteiger partial charge < -0.3 is 14.8 Å². The molecular weight excluding hydrogens is 409 g/mol. The fourth-order valence-electron chi connectivity index (χ4n) is 3.15. The van der Waals surface area contributed by atoms with Gasteiger partial charge in [-0.1, -0.05) is 6.07 Å². The Labute approximate surface area is 175 Å². The number of anilines is 1. The van der Waals surface area contributed by atoms with E-state index in [2.05, 4.69) is 30.6 Å². The van der Waals surface area contributed by atoms with Crippen LogP contribution in [0, 0.1) is 5.82 Å². The number of cyclic esters (lactones) is 1. The van der Waals surface area contributed by atoms with Crippen molar-refractivity contribution in [3.05, 3.63) is 42.3 Å². The summed E-state index contributed by atoms with van der Waals surface area (Å²) in [5, 5.41) is 13.7. The van der Waals surface area contributed by atoms with E-state index in [4.69, 9.17) is 4.74 Å². The number of methoxy groups -OCH3 is 1. The molecule has 1 fully saturated rings. The number of aryl methyl sites for hydroxylation is 1. The highest BCUT2D eigenvalue weighted by Crippen LogP contribution is 2.29. The predicted molar refractivity (Wildman–Crippen MR) is 105 cm³/mol. The van der Waals surface area contributed by atoms with Crippen LogP contribution in [0.3, 0.4) is 0 Å². The van der Waals surface area contributed by atoms with Crippen LogP contribution in [-0.4, -0.2) is 63.7 Å². The second-order valence-corrected chi connectivity index (χ2v) is 6.71. The first kappa shape index (κ1) is 20.2. The van der Waals surface area contributed by atoms with Crippen molar-refractivity contribution in [2.24, 2.45) is 7.05 Å². The first-order chi connectivity index (χ1) is 15.0. The van der Waals surface area contributed by atoms with Gasteiger partial charge in [-0.15, -0.1) is 5.10 Å². The summed E-state index contributed by atoms with van der Waals surface area (Å²) in [6.45, 7) is 0.262. The van der Waals surface area contributed by atoms with Gasteiger partial charge in [0.25, 0.3) is 0 Å². The van der Waals surface area contributed by atoms with Crippen LogP contribution in [0.2, 0.25) is 0 Å². The first-order valence-electron chi connectivity index (χ1n) is 9.25. The summed E-state index contributed by atoms with van der Waals surface area (Å²) in [4.78, 5) is 28.9. The Morgan fingerprint density at radius 2 is 2.19 bits per heavy atom. The van der Waals surface area contributed by atoms with E-state index in [9.17, 15) is 14.0 Å². The molecule has 4 rings (SSSR count). The topological polar surface area (TPSA) is 124 Å². The van der Waals surface area contributed by atoms with Gasteiger partial charge in [-0.3, -0.25) is 9.88 Å². The van der Waals surface area contributed by atoms with Crippen molar-refractivity contribution in [1.82, 2.24) is 30.5 Å². The number of pyridine rings is 1. The maximum atomic E-state index is 14.8. The predicted octanol–water partition coefficient (Wildman–Crippen LogP) is 1.76. The number of halogens is 1. The largest absolute Gasteiger partial charge is 0.453 e. The molecule has 3 heterocycles. The molecule has 2 aromatic heterocycles. The van der Waals surface area contributed by atoms with Crippen LogP contribution in [-0.2, 0) is 16.5 Å². The summed E-state index contributed by atoms with van der Waals surface area (Å²) in [6, 6.07) is 7.86. The minimum Gasteiger partial charge on any atom is -0.453 e. The molecule has 12 heteroatoms. The molecule has 1 N–H and O–H groups in total. The molecule has 2 amide bonds. The average molecular weight is 427 g/mol. The second-order valence-electron chi connectivity index (χ2n) is 6.71. The van der Waals surface area contributed by atoms with E-state index in [-0.39, 0.29) is 13.1 Å². The molecule has 1 aliphatic heterocycles. The molecule has 0 bridgehead atoms. The third-order valence-corrected chi connectivity index (χ3v) is 4.72. The maximum absolute atomic E-state index is 14.8. The Kier molecular flexibility index (Phi) is 5.43. The van der Waals surface area contributed by atoms with E-state index in [0.29, 0.717) is 28.3 Å². The number of carbonyl (C=O) groups excluding carboxylic acids is 2. The fourth-order valence-corrected chi connectivity index (χ4v) is 3.15. The van der Waals surface area contributed by atoms with Gasteiger partial charge in [-0.2, -0.15) is 0 Å². The van der Waals surface area contributed by atoms with Crippen molar-refractivity contribution < 1.29 is 23.5 Å². The number of tetrazole rings is 1. The minimum absolute atomic E-state index is 0.0918. The number of ether oxygens (including phenoxy) is 2. The molecule has 0 radical (unpaired) electrons. The summed E-state index contributed by atoms with van der Waals surface area (Å²) in [5.74, 6) is -0.0255. The lowest BCUT2D eigenvalue weighted by Gasteiger charge is -2.14. The number of amides is 2. The number of rotatable bonds is 5. The molecule has 0 unspecified atom stereocenters. The molecule has 31 heavy (non-hydrogen) atoms. The second kappa shape index (κ2) is 8.34. The summed E-state index contributed by atoms with van der Waals surface area (Å²) < 4.78 is 26.0. The normalized spacial score (nSPS) is 15.6. The van der Waals surface area contributed by atoms with Crippen molar-refractivity contribution >= 4 is 17.9 Å². The zero-order valence-electron chi connectivity index (χ0n) is 16.6. The van der Waals surface area contributed by atoms with Crippen molar-refractivity contribution in [1.29, 1.82) is 0 Å². The van der Waals surface area contributed by atoms with Gasteiger partial charge in [-0.05, 0) is 34.7 Å². The van der Waals surface area contributed by atoms with Crippen molar-refractivity contribution in [3.63, 3.8) is 0 Å². The van der Waals surface area contributed by atoms with Crippen molar-refractivity contribution in [3.8, 4) is 22.6 Å². The molecule has 0 spiro atoms. The van der Waals surface area contributed by atoms with Crippen LogP contribution in [0.15, 0.2) is 36.5 Å². The molecule has 160 valence electrons. The summed E-state index contributed by atoms with van der Waals surface area (Å²) in [5.41, 5.74) is 1.80. The third-order valence-electron chi connectivity index (χ3n) is 4.72. The van der Waals surface area contributed by atoms with E-state index in [1.54, 1.807) is 31.3 Å². The number of nitrogens with one attached hydrogen (secondary N) is 1. The van der Waals surface area contributed by atoms with E-state index < -0.39 is 24.1 Å². The van der Waals surface area contributed by atoms with Crippen LogP contribution in [0.4, 0.5) is 19.7 Å². The molecule has 0 saturated carbocycles. The smallest absolute Gasteiger partial charge is 0.414 e. The highest BCUT2D eigenvalue weighted by atomic mass is 19.1. The molecule has 11 nitrogen and oxygen atoms in total. The van der Waals surface area contributed by atoms with Crippen LogP contribution >= 0.6 is 0 Å². The van der Waals surface area contributed by atoms with Crippen molar-refractivity contribution in [2.75, 3.05) is 25.1 Å². The van der Waals surface area contributed by atoms with Crippen molar-refractivity contribution in [2.45, 2.75) is 6.10 Å². The number of nitrogens with zero attached hydrogens (tertiary/aromatic N) is 6. The highest BCUT2D eigenvalue weighted by Gasteiger charge is 2.33. The third kappa shape index (κ3) is 4.13. The molecular formula is C19H18FN7O4. The lowest BCUT2D eigenvalue weighted by molar-refractivity contribution is 0.132. The number of hydrogen-bond donors (Lipinski definition) is 1. The average Bonchev–Trinajstić information content (AvgIpc) is 3.37. The van der Waals surface area contributed by atoms with Gasteiger partial charge in [0.15, 0.2) is 5.82 Å². The Morgan fingerprint density at radius 3 is 2.84 bits per heavy atom. The minimum atomic E-state index is -0.625. The van der Waals surface area contributed by atoms with E-state index >= 15 is 0 Å². The standard InChI is InChI=1S/C19H18FN7O4/c1-26-17(23-24-25-26)16-6-3-11(8-21-16)14-5-4-12(7-15(14)20)27-10-13(31-19(27)29)9-22-18(28)30-2/h3-8,13H,9-10H2,1-2H3,(H,22,28)/t13-/m0/s1. The Morgan fingerprint density at radius 1 is 1.35 bits per heavy atom. The summed E-state index contributed by atoms with van der Waals surface area (Å²) in [7, 11) is 2.94. The van der Waals surface area contributed by atoms with Gasteiger partial charge >= 0.3 is 12.2 Å². The molecule has 1 saturated heterocycles. The molecule has 0 aliphatic carbocycles. The van der Waals surface area contributed by atoms with E-state index in [0.717, 1.165) is 0 Å². The molecule has 1 atom stereocenters. The van der Waals surface area contributed by atoms with Gasteiger partial charge in [-0.25, -0.2) is 18.7 Å². The number of alkyl carbamates (subject to hydrolysis) is 1. The molecule has 1 aliphatic rings. The quantitative estimate of drug-likeness (QED) is 0.653. The van der Waals surface area contributed by atoms with E-state index in [1.807, 2.05) is 0 Å². The van der Waals surface area contributed by atoms with Gasteiger partial charge in [0, 0.05) is 24.4 Å². The zero-order valence-corrected chi connectivity index (χ0v) is 16.6. The van der Waals surface area contributed by atoms with Gasteiger partial charge in [0.2, 0.25) is 0 Å². The number of benzene rings is 1. The summed E-state index contributed by atoms with van der Waals surface area (Å²) in [6.07, 6.45) is -0.283. The monoisotopic (exact) mass is 427 g/mol. The van der Waals surface area contributed by atoms with E-state index in [1.165, 1.54) is 29.0 Å². The number of hydrogen-bond acceptors (Lipinski definition) is 8. The Balaban J connectivity index is 1.49. The Hall–Kier alpha value is -4.09. The molecule has 1 aromatic carbocycles. The van der Waals surface area contributed by atoms with Crippen LogP contribution < -0.4 is 10.2 Å². The summed E-state index contributed by atoms with van der Waals surface area (Å²) >= 11 is 0. The maximum Gasteiger partial charge on any atom is 0.414 e. The SMILES string of the molecule is COC(=O)NC[C@H]1CN(c2ccc(-c3ccc(-c4nnnn4C)nc3)c(F)c2)C(=O)O1. The Bertz CT molecular complexity index is 1120. The fraction of sp³-hybridized carbons (Fsp3) is 0.263. The van der Waals surface area contributed by atoms with Gasteiger partial charge in [0.1, 0.15) is 17.6 Å². The number of aromatic nitrogens is 5. The lowest BCUT2D eigenvalue weighted by Crippen LogP contribution is -2.34. The van der Waals surface area contributed by atoms with Crippen LogP contribution in [0.5, 0.6) is 0 Å². The lowest BCUT2D eigenvalue weighted by atomic mass is 10.1. The first-order valence-corrected chi connectivity index (χ1v) is 9.25. The van der Waals surface area contributed by atoms with Crippen LogP contribution in [0.1, 0.15) is 0 Å². The number of carbonyl (C=O) groups is 2.